The van der Waals surface area contributed by atoms with Crippen LogP contribution in [0.25, 0.3) is 0 Å². The summed E-state index contributed by atoms with van der Waals surface area (Å²) in [5, 5.41) is 0. The van der Waals surface area contributed by atoms with E-state index in [4.69, 9.17) is 0 Å². The van der Waals surface area contributed by atoms with Gasteiger partial charge in [-0.25, -0.2) is 0 Å². The van der Waals surface area contributed by atoms with Crippen LogP contribution in [0.1, 0.15) is 5.56 Å². The zero-order valence-corrected chi connectivity index (χ0v) is 14.8. The largest absolute Gasteiger partial charge is 0.460 e. The Morgan fingerprint density at radius 3 is 1.12 bits per heavy atom. The molecule has 0 saturated heterocycles. The summed E-state index contributed by atoms with van der Waals surface area (Å²) in [4.78, 5) is 0. The van der Waals surface area contributed by atoms with Gasteiger partial charge < -0.3 is 0 Å². The molecule has 17 heteroatoms. The summed E-state index contributed by atoms with van der Waals surface area (Å²) in [5.74, 6) is -55.7. The number of hydrogen-bond donors (Lipinski definition) is 0. The second-order valence-electron chi connectivity index (χ2n) is 6.13. The smallest absolute Gasteiger partial charge is 0.192 e. The molecule has 0 aliphatic rings. The van der Waals surface area contributed by atoms with Crippen molar-refractivity contribution in [2.45, 2.75) is 47.6 Å². The summed E-state index contributed by atoms with van der Waals surface area (Å²) in [6, 6.07) is 4.80. The molecule has 0 bridgehead atoms. The molecule has 0 heterocycles. The molecule has 0 spiro atoms. The zero-order chi connectivity index (χ0) is 26.5. The quantitative estimate of drug-likeness (QED) is 0.279. The number of benzene rings is 1. The molecular formula is C16H5F17. The molecule has 1 rings (SSSR count). The van der Waals surface area contributed by atoms with Gasteiger partial charge in [-0.15, -0.1) is 0 Å². The number of alkyl halides is 17. The second kappa shape index (κ2) is 7.83. The highest BCUT2D eigenvalue weighted by Crippen LogP contribution is 2.63. The summed E-state index contributed by atoms with van der Waals surface area (Å²) in [5.41, 5.74) is -0.648. The van der Waals surface area contributed by atoms with Crippen LogP contribution in [-0.2, 0) is 0 Å². The Balaban J connectivity index is 3.62. The zero-order valence-electron chi connectivity index (χ0n) is 14.8. The van der Waals surface area contributed by atoms with Crippen molar-refractivity contribution in [2.75, 3.05) is 0 Å². The predicted octanol–water partition coefficient (Wildman–Crippen LogP) is 7.05. The molecule has 0 N–H and O–H groups in total. The van der Waals surface area contributed by atoms with Crippen LogP contribution in [0.2, 0.25) is 0 Å². The number of rotatable bonds is 6. The van der Waals surface area contributed by atoms with E-state index in [1.54, 1.807) is 0 Å². The highest BCUT2D eigenvalue weighted by atomic mass is 19.4. The lowest BCUT2D eigenvalue weighted by molar-refractivity contribution is -0.459. The Hall–Kier alpha value is -2.41. The van der Waals surface area contributed by atoms with E-state index in [9.17, 15) is 74.6 Å². The van der Waals surface area contributed by atoms with E-state index in [2.05, 4.69) is 0 Å². The van der Waals surface area contributed by atoms with Crippen LogP contribution in [0, 0.1) is 11.8 Å². The minimum atomic E-state index is -8.64. The lowest BCUT2D eigenvalue weighted by atomic mass is 9.89. The van der Waals surface area contributed by atoms with Crippen molar-refractivity contribution in [3.63, 3.8) is 0 Å². The molecule has 1 aromatic rings. The standard InChI is InChI=1S/C16H5F17/c17-9(18,7-6-8-4-2-1-3-5-8)10(19,20)11(21,22)12(23,24)13(25,26)14(27,28)15(29,30)16(31,32)33/h1-5H. The molecule has 0 aliphatic carbocycles. The molecule has 0 saturated carbocycles. The van der Waals surface area contributed by atoms with Crippen LogP contribution in [0.5, 0.6) is 0 Å². The van der Waals surface area contributed by atoms with Crippen molar-refractivity contribution in [3.8, 4) is 11.8 Å². The van der Waals surface area contributed by atoms with Gasteiger partial charge in [0.05, 0.1) is 0 Å². The van der Waals surface area contributed by atoms with Gasteiger partial charge in [0.2, 0.25) is 0 Å². The monoisotopic (exact) mass is 520 g/mol. The molecule has 0 aromatic heterocycles. The van der Waals surface area contributed by atoms with Crippen molar-refractivity contribution in [1.29, 1.82) is 0 Å². The fourth-order valence-electron chi connectivity index (χ4n) is 1.91. The van der Waals surface area contributed by atoms with E-state index in [0.29, 0.717) is 0 Å². The molecule has 0 radical (unpaired) electrons. The van der Waals surface area contributed by atoms with Gasteiger partial charge in [-0.1, -0.05) is 24.1 Å². The Bertz CT molecular complexity index is 898. The first-order valence-corrected chi connectivity index (χ1v) is 7.62. The average Bonchev–Trinajstić information content (AvgIpc) is 2.65. The van der Waals surface area contributed by atoms with Gasteiger partial charge in [-0.3, -0.25) is 0 Å². The van der Waals surface area contributed by atoms with E-state index in [-0.39, 0.29) is 5.92 Å². The Morgan fingerprint density at radius 1 is 0.424 bits per heavy atom. The van der Waals surface area contributed by atoms with E-state index >= 15 is 0 Å². The van der Waals surface area contributed by atoms with Crippen molar-refractivity contribution in [3.05, 3.63) is 35.9 Å². The molecule has 0 atom stereocenters. The van der Waals surface area contributed by atoms with E-state index in [0.717, 1.165) is 30.2 Å². The van der Waals surface area contributed by atoms with Crippen molar-refractivity contribution in [2.24, 2.45) is 0 Å². The van der Waals surface area contributed by atoms with Gasteiger partial charge in [-0.2, -0.15) is 74.6 Å². The first-order valence-electron chi connectivity index (χ1n) is 7.62. The van der Waals surface area contributed by atoms with E-state index in [1.165, 1.54) is 6.07 Å². The molecule has 0 fully saturated rings. The minimum Gasteiger partial charge on any atom is -0.192 e. The summed E-state index contributed by atoms with van der Waals surface area (Å²) in [6.07, 6.45) is -7.78. The summed E-state index contributed by atoms with van der Waals surface area (Å²) >= 11 is 0. The fourth-order valence-corrected chi connectivity index (χ4v) is 1.91. The second-order valence-corrected chi connectivity index (χ2v) is 6.13. The Kier molecular flexibility index (Phi) is 6.79. The molecule has 1 aromatic carbocycles. The lowest BCUT2D eigenvalue weighted by Gasteiger charge is -2.42. The van der Waals surface area contributed by atoms with Crippen LogP contribution < -0.4 is 0 Å². The van der Waals surface area contributed by atoms with Gasteiger partial charge in [0, 0.05) is 5.56 Å². The van der Waals surface area contributed by atoms with Gasteiger partial charge in [-0.05, 0) is 18.1 Å². The molecule has 0 unspecified atom stereocenters. The van der Waals surface area contributed by atoms with Crippen LogP contribution in [0.3, 0.4) is 0 Å². The lowest BCUT2D eigenvalue weighted by Crippen LogP contribution is -2.74. The van der Waals surface area contributed by atoms with Crippen molar-refractivity contribution < 1.29 is 74.6 Å². The van der Waals surface area contributed by atoms with Crippen LogP contribution >= 0.6 is 0 Å². The highest BCUT2D eigenvalue weighted by Gasteiger charge is 2.95. The number of hydrogen-bond acceptors (Lipinski definition) is 0. The molecule has 33 heavy (non-hydrogen) atoms. The molecule has 188 valence electrons. The number of halogens is 17. The van der Waals surface area contributed by atoms with E-state index < -0.39 is 53.2 Å². The maximum absolute atomic E-state index is 13.6. The highest BCUT2D eigenvalue weighted by molar-refractivity contribution is 5.36. The summed E-state index contributed by atoms with van der Waals surface area (Å²) in [7, 11) is 0. The van der Waals surface area contributed by atoms with Crippen LogP contribution in [0.4, 0.5) is 74.6 Å². The maximum atomic E-state index is 13.6. The SMILES string of the molecule is FC(F)(F)C(F)(F)C(F)(F)C(F)(F)C(F)(F)C(F)(F)C(F)(F)C(F)(F)C#Cc1ccccc1. The minimum absolute atomic E-state index is 0.0312. The van der Waals surface area contributed by atoms with Crippen LogP contribution in [0.15, 0.2) is 30.3 Å². The first kappa shape index (κ1) is 28.6. The van der Waals surface area contributed by atoms with Gasteiger partial charge in [0.1, 0.15) is 0 Å². The third-order valence-electron chi connectivity index (χ3n) is 3.86. The Labute approximate surface area is 171 Å². The summed E-state index contributed by atoms with van der Waals surface area (Å²) < 4.78 is 222. The predicted molar refractivity (Wildman–Crippen MR) is 74.0 cm³/mol. The molecule has 0 aliphatic heterocycles. The third-order valence-corrected chi connectivity index (χ3v) is 3.86. The summed E-state index contributed by atoms with van der Waals surface area (Å²) in [6.45, 7) is 0. The van der Waals surface area contributed by atoms with Gasteiger partial charge >= 0.3 is 47.6 Å². The first-order chi connectivity index (χ1) is 14.3. The van der Waals surface area contributed by atoms with Crippen LogP contribution in [-0.4, -0.2) is 47.6 Å². The Morgan fingerprint density at radius 2 is 0.758 bits per heavy atom. The average molecular weight is 520 g/mol. The van der Waals surface area contributed by atoms with Gasteiger partial charge in [0.25, 0.3) is 0 Å². The normalized spacial score (nSPS) is 15.2. The van der Waals surface area contributed by atoms with Crippen molar-refractivity contribution in [1.82, 2.24) is 0 Å². The molecular weight excluding hydrogens is 515 g/mol. The van der Waals surface area contributed by atoms with Crippen molar-refractivity contribution >= 4 is 0 Å². The van der Waals surface area contributed by atoms with E-state index in [1.807, 2.05) is 0 Å². The third kappa shape index (κ3) is 4.05. The topological polar surface area (TPSA) is 0 Å². The molecule has 0 amide bonds. The molecule has 0 nitrogen and oxygen atoms in total. The maximum Gasteiger partial charge on any atom is 0.460 e. The van der Waals surface area contributed by atoms with Gasteiger partial charge in [0.15, 0.2) is 0 Å². The fraction of sp³-hybridized carbons (Fsp3) is 0.500.